The largest absolute Gasteiger partial charge is 0.394 e. The molecule has 0 fully saturated rings. The molecule has 0 spiro atoms. The molecule has 0 saturated heterocycles. The molecular formula is C47H91NO3. The summed E-state index contributed by atoms with van der Waals surface area (Å²) in [5.74, 6) is 0.569. The zero-order valence-electron chi connectivity index (χ0n) is 34.8. The molecule has 0 aromatic rings. The molecule has 0 aromatic heterocycles. The minimum absolute atomic E-state index is 0.0491. The third-order valence-electron chi connectivity index (χ3n) is 10.8. The standard InChI is InChI=1S/C47H91NO3/c1-3-5-7-9-11-13-15-17-19-21-23-25-29-33-37-41-46(50)42-38-34-30-26-27-31-35-39-43-47(51)48-45(44-49)40-36-32-28-24-22-20-18-16-14-12-10-8-6-4-2/h17,19,45,49H,3-16,18,20-44H2,1-2H3,(H,48,51)/t45-/m1/s1. The van der Waals surface area contributed by atoms with Crippen LogP contribution in [0.15, 0.2) is 12.2 Å². The molecule has 1 atom stereocenters. The van der Waals surface area contributed by atoms with Crippen molar-refractivity contribution in [3.05, 3.63) is 12.2 Å². The summed E-state index contributed by atoms with van der Waals surface area (Å²) < 4.78 is 0. The number of aliphatic hydroxyl groups excluding tert-OH is 1. The number of ketones is 1. The molecule has 2 N–H and O–H groups in total. The summed E-state index contributed by atoms with van der Waals surface area (Å²) in [6, 6.07) is -0.0800. The van der Waals surface area contributed by atoms with Crippen LogP contribution in [0, 0.1) is 0 Å². The SMILES string of the molecule is CCCCCCCCC=CCCCCCCCC(=O)CCCCCCCCCCC(=O)N[C@@H](CO)CCCCCCCCCCCCCCCC. The van der Waals surface area contributed by atoms with Crippen LogP contribution in [0.1, 0.15) is 264 Å². The van der Waals surface area contributed by atoms with Gasteiger partial charge in [-0.2, -0.15) is 0 Å². The highest BCUT2D eigenvalue weighted by atomic mass is 16.3. The molecule has 4 nitrogen and oxygen atoms in total. The maximum absolute atomic E-state index is 12.4. The fourth-order valence-corrected chi connectivity index (χ4v) is 7.28. The Balaban J connectivity index is 3.43. The van der Waals surface area contributed by atoms with Gasteiger partial charge in [-0.25, -0.2) is 0 Å². The normalized spacial score (nSPS) is 12.2. The van der Waals surface area contributed by atoms with Crippen molar-refractivity contribution in [2.24, 2.45) is 0 Å². The highest BCUT2D eigenvalue weighted by molar-refractivity contribution is 5.78. The average Bonchev–Trinajstić information content (AvgIpc) is 3.13. The maximum Gasteiger partial charge on any atom is 0.220 e. The van der Waals surface area contributed by atoms with Crippen molar-refractivity contribution in [1.82, 2.24) is 5.32 Å². The van der Waals surface area contributed by atoms with E-state index >= 15 is 0 Å². The first-order valence-corrected chi connectivity index (χ1v) is 23.2. The van der Waals surface area contributed by atoms with E-state index in [1.165, 1.54) is 193 Å². The van der Waals surface area contributed by atoms with Crippen LogP contribution >= 0.6 is 0 Å². The zero-order valence-corrected chi connectivity index (χ0v) is 34.8. The van der Waals surface area contributed by atoms with Crippen molar-refractivity contribution in [1.29, 1.82) is 0 Å². The van der Waals surface area contributed by atoms with Crippen molar-refractivity contribution in [2.75, 3.05) is 6.61 Å². The maximum atomic E-state index is 12.4. The number of hydrogen-bond acceptors (Lipinski definition) is 3. The van der Waals surface area contributed by atoms with Crippen molar-refractivity contribution in [3.63, 3.8) is 0 Å². The lowest BCUT2D eigenvalue weighted by atomic mass is 10.0. The van der Waals surface area contributed by atoms with Crippen LogP contribution in [-0.4, -0.2) is 29.4 Å². The lowest BCUT2D eigenvalue weighted by Gasteiger charge is -2.16. The second kappa shape index (κ2) is 43.2. The third-order valence-corrected chi connectivity index (χ3v) is 10.8. The molecule has 0 aliphatic carbocycles. The Kier molecular flexibility index (Phi) is 42.3. The molecule has 0 bridgehead atoms. The van der Waals surface area contributed by atoms with E-state index in [0.717, 1.165) is 51.4 Å². The van der Waals surface area contributed by atoms with Gasteiger partial charge in [0, 0.05) is 19.3 Å². The van der Waals surface area contributed by atoms with Crippen LogP contribution in [0.2, 0.25) is 0 Å². The van der Waals surface area contributed by atoms with E-state index in [0.29, 0.717) is 12.2 Å². The van der Waals surface area contributed by atoms with E-state index in [2.05, 4.69) is 31.3 Å². The van der Waals surface area contributed by atoms with E-state index in [1.807, 2.05) is 0 Å². The zero-order chi connectivity index (χ0) is 37.1. The second-order valence-corrected chi connectivity index (χ2v) is 16.0. The van der Waals surface area contributed by atoms with Gasteiger partial charge in [-0.15, -0.1) is 0 Å². The first kappa shape index (κ1) is 49.8. The molecule has 0 heterocycles. The van der Waals surface area contributed by atoms with Gasteiger partial charge in [0.1, 0.15) is 5.78 Å². The van der Waals surface area contributed by atoms with Crippen LogP contribution in [0.3, 0.4) is 0 Å². The molecule has 0 aliphatic rings. The number of Topliss-reactive ketones (excluding diaryl/α,β-unsaturated/α-hetero) is 1. The number of amides is 1. The molecule has 1 amide bonds. The summed E-state index contributed by atoms with van der Waals surface area (Å²) in [7, 11) is 0. The quantitative estimate of drug-likeness (QED) is 0.0487. The Morgan fingerprint density at radius 3 is 1.12 bits per heavy atom. The van der Waals surface area contributed by atoms with Crippen molar-refractivity contribution < 1.29 is 14.7 Å². The van der Waals surface area contributed by atoms with Gasteiger partial charge in [0.2, 0.25) is 5.91 Å². The number of hydrogen-bond donors (Lipinski definition) is 2. The predicted molar refractivity (Wildman–Crippen MR) is 225 cm³/mol. The molecule has 0 unspecified atom stereocenters. The Morgan fingerprint density at radius 1 is 0.431 bits per heavy atom. The van der Waals surface area contributed by atoms with Crippen molar-refractivity contribution >= 4 is 11.7 Å². The lowest BCUT2D eigenvalue weighted by molar-refractivity contribution is -0.122. The van der Waals surface area contributed by atoms with Crippen LogP contribution in [-0.2, 0) is 9.59 Å². The Hall–Kier alpha value is -1.16. The third kappa shape index (κ3) is 41.5. The van der Waals surface area contributed by atoms with Gasteiger partial charge in [0.05, 0.1) is 12.6 Å². The fourth-order valence-electron chi connectivity index (χ4n) is 7.28. The van der Waals surface area contributed by atoms with Crippen LogP contribution < -0.4 is 5.32 Å². The van der Waals surface area contributed by atoms with Gasteiger partial charge in [0.25, 0.3) is 0 Å². The molecule has 4 heteroatoms. The number of nitrogens with one attached hydrogen (secondary N) is 1. The molecule has 0 rings (SSSR count). The van der Waals surface area contributed by atoms with E-state index in [4.69, 9.17) is 0 Å². The Bertz CT molecular complexity index is 735. The second-order valence-electron chi connectivity index (χ2n) is 16.0. The van der Waals surface area contributed by atoms with Crippen LogP contribution in [0.25, 0.3) is 0 Å². The van der Waals surface area contributed by atoms with Crippen LogP contribution in [0.5, 0.6) is 0 Å². The fraction of sp³-hybridized carbons (Fsp3) is 0.915. The molecular weight excluding hydrogens is 627 g/mol. The Labute approximate surface area is 320 Å². The van der Waals surface area contributed by atoms with E-state index in [-0.39, 0.29) is 18.6 Å². The van der Waals surface area contributed by atoms with Crippen molar-refractivity contribution in [3.8, 4) is 0 Å². The molecule has 0 aliphatic heterocycles. The number of carbonyl (C=O) groups is 2. The first-order valence-electron chi connectivity index (χ1n) is 23.2. The van der Waals surface area contributed by atoms with Gasteiger partial charge in [0.15, 0.2) is 0 Å². The van der Waals surface area contributed by atoms with E-state index < -0.39 is 0 Å². The highest BCUT2D eigenvalue weighted by Crippen LogP contribution is 2.16. The predicted octanol–water partition coefficient (Wildman–Crippen LogP) is 14.8. The number of rotatable bonds is 43. The van der Waals surface area contributed by atoms with Gasteiger partial charge >= 0.3 is 0 Å². The minimum Gasteiger partial charge on any atom is -0.394 e. The van der Waals surface area contributed by atoms with Gasteiger partial charge in [-0.1, -0.05) is 206 Å². The van der Waals surface area contributed by atoms with Gasteiger partial charge in [-0.05, 0) is 51.4 Å². The monoisotopic (exact) mass is 718 g/mol. The van der Waals surface area contributed by atoms with E-state index in [1.54, 1.807) is 0 Å². The lowest BCUT2D eigenvalue weighted by Crippen LogP contribution is -2.37. The summed E-state index contributed by atoms with van der Waals surface area (Å²) in [6.07, 6.45) is 52.7. The van der Waals surface area contributed by atoms with Gasteiger partial charge < -0.3 is 10.4 Å². The first-order chi connectivity index (χ1) is 25.1. The number of unbranched alkanes of at least 4 members (excludes halogenated alkanes) is 31. The van der Waals surface area contributed by atoms with Crippen molar-refractivity contribution in [2.45, 2.75) is 270 Å². The summed E-state index contributed by atoms with van der Waals surface area (Å²) in [4.78, 5) is 24.6. The molecule has 0 aromatic carbocycles. The smallest absolute Gasteiger partial charge is 0.220 e. The molecule has 0 saturated carbocycles. The number of aliphatic hydroxyl groups is 1. The molecule has 51 heavy (non-hydrogen) atoms. The molecule has 302 valence electrons. The number of allylic oxidation sites excluding steroid dienone is 2. The molecule has 0 radical (unpaired) electrons. The highest BCUT2D eigenvalue weighted by Gasteiger charge is 2.11. The summed E-state index contributed by atoms with van der Waals surface area (Å²) >= 11 is 0. The van der Waals surface area contributed by atoms with Gasteiger partial charge in [-0.3, -0.25) is 9.59 Å². The minimum atomic E-state index is -0.0800. The summed E-state index contributed by atoms with van der Waals surface area (Å²) in [6.45, 7) is 4.61. The van der Waals surface area contributed by atoms with Crippen LogP contribution in [0.4, 0.5) is 0 Å². The summed E-state index contributed by atoms with van der Waals surface area (Å²) in [5, 5.41) is 12.8. The van der Waals surface area contributed by atoms with E-state index in [9.17, 15) is 14.7 Å². The topological polar surface area (TPSA) is 66.4 Å². The Morgan fingerprint density at radius 2 is 0.745 bits per heavy atom. The number of carbonyl (C=O) groups excluding carboxylic acids is 2. The summed E-state index contributed by atoms with van der Waals surface area (Å²) in [5.41, 5.74) is 0. The average molecular weight is 718 g/mol.